The fraction of sp³-hybridized carbons (Fsp3) is 0.312. The molecule has 44 heavy (non-hydrogen) atoms. The Morgan fingerprint density at radius 3 is 2.52 bits per heavy atom. The summed E-state index contributed by atoms with van der Waals surface area (Å²) in [6.07, 6.45) is 0.819. The van der Waals surface area contributed by atoms with Crippen LogP contribution in [0.3, 0.4) is 0 Å². The van der Waals surface area contributed by atoms with Crippen molar-refractivity contribution >= 4 is 41.1 Å². The minimum Gasteiger partial charge on any atom is -0.489 e. The molecule has 2 saturated heterocycles. The fourth-order valence-corrected chi connectivity index (χ4v) is 5.60. The number of fused-ring (bicyclic) bond motifs is 1. The lowest BCUT2D eigenvalue weighted by atomic mass is 10.0. The molecule has 228 valence electrons. The lowest BCUT2D eigenvalue weighted by Gasteiger charge is -2.29. The van der Waals surface area contributed by atoms with Gasteiger partial charge in [-0.05, 0) is 48.4 Å². The van der Waals surface area contributed by atoms with Gasteiger partial charge in [0, 0.05) is 37.1 Å². The summed E-state index contributed by atoms with van der Waals surface area (Å²) < 4.78 is 23.2. The van der Waals surface area contributed by atoms with E-state index in [1.165, 1.54) is 4.90 Å². The Balaban J connectivity index is 1.15. The van der Waals surface area contributed by atoms with Gasteiger partial charge in [0.05, 0.1) is 23.8 Å². The van der Waals surface area contributed by atoms with Gasteiger partial charge in [0.2, 0.25) is 11.8 Å². The number of para-hydroxylation sites is 1. The van der Waals surface area contributed by atoms with Crippen LogP contribution in [0.5, 0.6) is 17.2 Å². The molecule has 0 aromatic heterocycles. The number of carbonyl (C=O) groups excluding carboxylic acids is 4. The number of ether oxygens (including phenoxy) is 4. The van der Waals surface area contributed by atoms with E-state index in [1.54, 1.807) is 48.5 Å². The Hall–Kier alpha value is -4.61. The maximum absolute atomic E-state index is 13.7. The van der Waals surface area contributed by atoms with Crippen molar-refractivity contribution in [2.45, 2.75) is 51.0 Å². The van der Waals surface area contributed by atoms with E-state index in [4.69, 9.17) is 30.5 Å². The van der Waals surface area contributed by atoms with Gasteiger partial charge >= 0.3 is 6.09 Å². The summed E-state index contributed by atoms with van der Waals surface area (Å²) in [5, 5.41) is 5.49. The molecule has 12 heteroatoms. The number of piperidine rings is 1. The van der Waals surface area contributed by atoms with Crippen LogP contribution < -0.4 is 20.1 Å². The smallest absolute Gasteiger partial charge is 0.411 e. The van der Waals surface area contributed by atoms with E-state index >= 15 is 0 Å². The minimum atomic E-state index is -0.754. The molecule has 0 aliphatic carbocycles. The van der Waals surface area contributed by atoms with E-state index in [9.17, 15) is 19.2 Å². The van der Waals surface area contributed by atoms with Crippen molar-refractivity contribution in [3.05, 3.63) is 82.4 Å². The van der Waals surface area contributed by atoms with Gasteiger partial charge in [-0.3, -0.25) is 25.0 Å². The summed E-state index contributed by atoms with van der Waals surface area (Å²) in [6, 6.07) is 16.6. The average molecular weight is 620 g/mol. The molecule has 2 fully saturated rings. The summed E-state index contributed by atoms with van der Waals surface area (Å²) in [5.74, 6) is 0.197. The largest absolute Gasteiger partial charge is 0.489 e. The molecule has 3 aliphatic rings. The Morgan fingerprint density at radius 2 is 1.77 bits per heavy atom. The molecule has 11 nitrogen and oxygen atoms in total. The molecule has 3 aromatic rings. The third kappa shape index (κ3) is 6.48. The average Bonchev–Trinajstić information content (AvgIpc) is 3.35. The van der Waals surface area contributed by atoms with Crippen molar-refractivity contribution in [1.29, 1.82) is 0 Å². The Bertz CT molecular complexity index is 1590. The van der Waals surface area contributed by atoms with Crippen LogP contribution >= 0.6 is 11.6 Å². The van der Waals surface area contributed by atoms with Gasteiger partial charge in [0.1, 0.15) is 36.0 Å². The van der Waals surface area contributed by atoms with Gasteiger partial charge < -0.3 is 23.8 Å². The maximum Gasteiger partial charge on any atom is 0.411 e. The number of nitrogens with one attached hydrogen (secondary N) is 2. The van der Waals surface area contributed by atoms with Crippen LogP contribution in [-0.2, 0) is 32.2 Å². The molecule has 3 aliphatic heterocycles. The molecule has 0 saturated carbocycles. The predicted octanol–water partition coefficient (Wildman–Crippen LogP) is 5.20. The van der Waals surface area contributed by atoms with Crippen LogP contribution in [-0.4, -0.2) is 54.1 Å². The van der Waals surface area contributed by atoms with Crippen LogP contribution in [0.4, 0.5) is 10.5 Å². The monoisotopic (exact) mass is 619 g/mol. The number of benzene rings is 3. The molecule has 6 rings (SSSR count). The van der Waals surface area contributed by atoms with Gasteiger partial charge in [0.15, 0.2) is 0 Å². The van der Waals surface area contributed by atoms with Gasteiger partial charge in [-0.25, -0.2) is 4.79 Å². The number of hydrogen-bond donors (Lipinski definition) is 2. The Labute approximate surface area is 258 Å². The fourth-order valence-electron chi connectivity index (χ4n) is 5.43. The summed E-state index contributed by atoms with van der Waals surface area (Å²) in [5.41, 5.74) is 2.06. The zero-order chi connectivity index (χ0) is 30.6. The van der Waals surface area contributed by atoms with Gasteiger partial charge in [-0.15, -0.1) is 0 Å². The normalized spacial score (nSPS) is 18.4. The SMILES string of the molecule is O=C1CCC(N2Cc3ccc(COC(=O)Nc4ccc(Oc5ccccc5Cl)cc4)c(OC4CCOCC4)c3C2=O)C(=O)N1. The molecule has 4 amide bonds. The van der Waals surface area contributed by atoms with E-state index in [2.05, 4.69) is 10.6 Å². The first kappa shape index (κ1) is 29.5. The van der Waals surface area contributed by atoms with E-state index in [0.717, 1.165) is 0 Å². The molecular formula is C32H30ClN3O8. The predicted molar refractivity (Wildman–Crippen MR) is 159 cm³/mol. The van der Waals surface area contributed by atoms with E-state index in [0.29, 0.717) is 70.7 Å². The number of carbonyl (C=O) groups is 4. The van der Waals surface area contributed by atoms with Crippen LogP contribution in [0.1, 0.15) is 47.2 Å². The maximum atomic E-state index is 13.7. The summed E-state index contributed by atoms with van der Waals surface area (Å²) in [4.78, 5) is 52.1. The summed E-state index contributed by atoms with van der Waals surface area (Å²) >= 11 is 6.16. The van der Waals surface area contributed by atoms with E-state index in [1.807, 2.05) is 12.1 Å². The number of nitrogens with zero attached hydrogens (tertiary/aromatic N) is 1. The second kappa shape index (κ2) is 12.9. The lowest BCUT2D eigenvalue weighted by Crippen LogP contribution is -2.52. The van der Waals surface area contributed by atoms with Crippen LogP contribution in [0.25, 0.3) is 0 Å². The van der Waals surface area contributed by atoms with Gasteiger partial charge in [-0.1, -0.05) is 35.9 Å². The topological polar surface area (TPSA) is 132 Å². The molecule has 0 radical (unpaired) electrons. The second-order valence-corrected chi connectivity index (χ2v) is 11.1. The lowest BCUT2D eigenvalue weighted by molar-refractivity contribution is -0.136. The first-order valence-corrected chi connectivity index (χ1v) is 14.7. The van der Waals surface area contributed by atoms with E-state index < -0.39 is 18.0 Å². The highest BCUT2D eigenvalue weighted by molar-refractivity contribution is 6.32. The molecule has 3 aromatic carbocycles. The standard InChI is InChI=1S/C32H30ClN3O8/c33-24-3-1-2-4-26(24)43-22-9-7-21(8-10-22)34-32(40)42-18-20-6-5-19-17-36(25-11-12-27(37)35-30(25)38)31(39)28(19)29(20)44-23-13-15-41-16-14-23/h1-10,23,25H,11-18H2,(H,34,40)(H,35,37,38). The highest BCUT2D eigenvalue weighted by atomic mass is 35.5. The van der Waals surface area contributed by atoms with Gasteiger partial charge in [0.25, 0.3) is 5.91 Å². The highest BCUT2D eigenvalue weighted by Crippen LogP contribution is 2.38. The Morgan fingerprint density at radius 1 is 1.00 bits per heavy atom. The number of anilines is 1. The molecule has 1 unspecified atom stereocenters. The molecule has 0 spiro atoms. The number of imide groups is 1. The highest BCUT2D eigenvalue weighted by Gasteiger charge is 2.41. The zero-order valence-corrected chi connectivity index (χ0v) is 24.4. The second-order valence-electron chi connectivity index (χ2n) is 10.7. The molecule has 2 N–H and O–H groups in total. The first-order valence-electron chi connectivity index (χ1n) is 14.4. The van der Waals surface area contributed by atoms with Crippen molar-refractivity contribution < 1.29 is 38.1 Å². The van der Waals surface area contributed by atoms with Gasteiger partial charge in [-0.2, -0.15) is 0 Å². The number of rotatable bonds is 8. The van der Waals surface area contributed by atoms with Crippen LogP contribution in [0.15, 0.2) is 60.7 Å². The molecule has 3 heterocycles. The minimum absolute atomic E-state index is 0.156. The third-order valence-corrected chi connectivity index (χ3v) is 8.02. The van der Waals surface area contributed by atoms with Crippen LogP contribution in [0, 0.1) is 0 Å². The summed E-state index contributed by atoms with van der Waals surface area (Å²) in [7, 11) is 0. The first-order chi connectivity index (χ1) is 21.4. The number of hydrogen-bond acceptors (Lipinski definition) is 8. The Kier molecular flexibility index (Phi) is 8.67. The quantitative estimate of drug-likeness (QED) is 0.329. The van der Waals surface area contributed by atoms with Crippen molar-refractivity contribution in [2.75, 3.05) is 18.5 Å². The van der Waals surface area contributed by atoms with Crippen molar-refractivity contribution in [3.63, 3.8) is 0 Å². The number of amides is 4. The zero-order valence-electron chi connectivity index (χ0n) is 23.7. The molecule has 1 atom stereocenters. The van der Waals surface area contributed by atoms with Crippen molar-refractivity contribution in [3.8, 4) is 17.2 Å². The van der Waals surface area contributed by atoms with Crippen molar-refractivity contribution in [1.82, 2.24) is 10.2 Å². The number of halogens is 1. The van der Waals surface area contributed by atoms with Crippen LogP contribution in [0.2, 0.25) is 5.02 Å². The van der Waals surface area contributed by atoms with E-state index in [-0.39, 0.29) is 43.9 Å². The third-order valence-electron chi connectivity index (χ3n) is 7.70. The van der Waals surface area contributed by atoms with Crippen molar-refractivity contribution in [2.24, 2.45) is 0 Å². The summed E-state index contributed by atoms with van der Waals surface area (Å²) in [6.45, 7) is 1.12. The molecule has 0 bridgehead atoms. The molecular weight excluding hydrogens is 590 g/mol.